The smallest absolute Gasteiger partial charge is 0.237 e. The van der Waals surface area contributed by atoms with Gasteiger partial charge in [-0.15, -0.1) is 0 Å². The molecule has 0 radical (unpaired) electrons. The zero-order chi connectivity index (χ0) is 20.6. The molecule has 0 spiro atoms. The van der Waals surface area contributed by atoms with Crippen molar-refractivity contribution in [1.82, 2.24) is 5.32 Å². The second-order valence-corrected chi connectivity index (χ2v) is 7.93. The lowest BCUT2D eigenvalue weighted by atomic mass is 9.80. The molecule has 3 aromatic carbocycles. The van der Waals surface area contributed by atoms with E-state index in [0.717, 1.165) is 27.6 Å². The van der Waals surface area contributed by atoms with Crippen LogP contribution in [-0.4, -0.2) is 18.4 Å². The molecule has 3 aromatic rings. The van der Waals surface area contributed by atoms with E-state index in [1.54, 1.807) is 4.90 Å². The second-order valence-electron chi connectivity index (χ2n) is 7.93. The van der Waals surface area contributed by atoms with E-state index in [0.29, 0.717) is 6.54 Å². The molecule has 1 aliphatic rings. The van der Waals surface area contributed by atoms with Crippen molar-refractivity contribution in [3.8, 4) is 0 Å². The van der Waals surface area contributed by atoms with E-state index in [1.807, 2.05) is 69.3 Å². The third-order valence-corrected chi connectivity index (χ3v) is 6.00. The molecule has 4 rings (SSSR count). The van der Waals surface area contributed by atoms with Crippen LogP contribution >= 0.6 is 0 Å². The number of hydrogen-bond acceptors (Lipinski definition) is 2. The molecule has 0 aromatic heterocycles. The van der Waals surface area contributed by atoms with E-state index < -0.39 is 5.41 Å². The largest absolute Gasteiger partial charge is 0.350 e. The van der Waals surface area contributed by atoms with Gasteiger partial charge in [0.05, 0.1) is 11.5 Å². The van der Waals surface area contributed by atoms with Crippen molar-refractivity contribution in [2.24, 2.45) is 0 Å². The summed E-state index contributed by atoms with van der Waals surface area (Å²) < 4.78 is 0. The number of nitrogens with one attached hydrogen (secondary N) is 1. The number of para-hydroxylation sites is 1. The van der Waals surface area contributed by atoms with Crippen LogP contribution in [0, 0.1) is 0 Å². The molecule has 1 aliphatic heterocycles. The first-order valence-corrected chi connectivity index (χ1v) is 10.1. The fourth-order valence-corrected chi connectivity index (χ4v) is 4.50. The number of carbonyl (C=O) groups excluding carboxylic acids is 2. The second kappa shape index (κ2) is 7.36. The van der Waals surface area contributed by atoms with Gasteiger partial charge in [0.2, 0.25) is 11.8 Å². The summed E-state index contributed by atoms with van der Waals surface area (Å²) in [4.78, 5) is 27.9. The standard InChI is InChI=1S/C25H26N2O2/c1-4-27-22-15-8-7-14-21(22)25(3,24(27)29)16-23(28)26-17(2)19-13-9-11-18-10-5-6-12-20(18)19/h5-15,17H,4,16H2,1-3H3,(H,26,28)/t17-,25+/m1/s1. The highest BCUT2D eigenvalue weighted by Gasteiger charge is 2.47. The van der Waals surface area contributed by atoms with Crippen LogP contribution in [-0.2, 0) is 15.0 Å². The van der Waals surface area contributed by atoms with Crippen LogP contribution < -0.4 is 10.2 Å². The van der Waals surface area contributed by atoms with Gasteiger partial charge in [0, 0.05) is 18.7 Å². The van der Waals surface area contributed by atoms with Crippen LogP contribution in [0.2, 0.25) is 0 Å². The molecule has 0 unspecified atom stereocenters. The van der Waals surface area contributed by atoms with Gasteiger partial charge in [-0.2, -0.15) is 0 Å². The van der Waals surface area contributed by atoms with Crippen molar-refractivity contribution in [3.05, 3.63) is 77.9 Å². The molecule has 4 nitrogen and oxygen atoms in total. The maximum atomic E-state index is 13.1. The lowest BCUT2D eigenvalue weighted by molar-refractivity contribution is -0.129. The number of carbonyl (C=O) groups is 2. The van der Waals surface area contributed by atoms with Crippen molar-refractivity contribution in [2.75, 3.05) is 11.4 Å². The van der Waals surface area contributed by atoms with Crippen molar-refractivity contribution in [1.29, 1.82) is 0 Å². The summed E-state index contributed by atoms with van der Waals surface area (Å²) in [7, 11) is 0. The maximum Gasteiger partial charge on any atom is 0.237 e. The minimum absolute atomic E-state index is 0.00540. The number of benzene rings is 3. The fourth-order valence-electron chi connectivity index (χ4n) is 4.50. The van der Waals surface area contributed by atoms with Gasteiger partial charge < -0.3 is 10.2 Å². The Kier molecular flexibility index (Phi) is 4.87. The number of amides is 2. The molecule has 0 bridgehead atoms. The van der Waals surface area contributed by atoms with Crippen LogP contribution in [0.15, 0.2) is 66.7 Å². The number of anilines is 1. The predicted molar refractivity (Wildman–Crippen MR) is 117 cm³/mol. The Balaban J connectivity index is 1.57. The summed E-state index contributed by atoms with van der Waals surface area (Å²) in [6.07, 6.45) is 0.133. The average molecular weight is 386 g/mol. The number of likely N-dealkylation sites (N-methyl/N-ethyl adjacent to an activating group) is 1. The first-order valence-electron chi connectivity index (χ1n) is 10.1. The highest BCUT2D eigenvalue weighted by molar-refractivity contribution is 6.09. The van der Waals surface area contributed by atoms with Gasteiger partial charge in [-0.3, -0.25) is 9.59 Å². The molecule has 0 fully saturated rings. The molecule has 2 amide bonds. The molecule has 0 aliphatic carbocycles. The average Bonchev–Trinajstić information content (AvgIpc) is 2.94. The summed E-state index contributed by atoms with van der Waals surface area (Å²) in [6.45, 7) is 6.43. The van der Waals surface area contributed by atoms with Gasteiger partial charge in [0.1, 0.15) is 0 Å². The Morgan fingerprint density at radius 3 is 2.52 bits per heavy atom. The normalized spacial score (nSPS) is 19.3. The summed E-state index contributed by atoms with van der Waals surface area (Å²) in [6, 6.07) is 21.9. The van der Waals surface area contributed by atoms with E-state index in [9.17, 15) is 9.59 Å². The zero-order valence-electron chi connectivity index (χ0n) is 17.1. The first-order chi connectivity index (χ1) is 14.0. The van der Waals surface area contributed by atoms with E-state index in [2.05, 4.69) is 23.5 Å². The molecule has 1 N–H and O–H groups in total. The monoisotopic (exact) mass is 386 g/mol. The predicted octanol–water partition coefficient (Wildman–Crippen LogP) is 4.73. The SMILES string of the molecule is CCN1C(=O)[C@@](C)(CC(=O)N[C@H](C)c2cccc3ccccc23)c2ccccc21. The number of fused-ring (bicyclic) bond motifs is 2. The molecule has 0 saturated heterocycles. The van der Waals surface area contributed by atoms with Crippen LogP contribution in [0.1, 0.15) is 44.4 Å². The van der Waals surface area contributed by atoms with Gasteiger partial charge in [-0.25, -0.2) is 0 Å². The molecule has 148 valence electrons. The van der Waals surface area contributed by atoms with Crippen LogP contribution in [0.25, 0.3) is 10.8 Å². The minimum Gasteiger partial charge on any atom is -0.350 e. The Morgan fingerprint density at radius 2 is 1.72 bits per heavy atom. The van der Waals surface area contributed by atoms with Crippen LogP contribution in [0.5, 0.6) is 0 Å². The zero-order valence-corrected chi connectivity index (χ0v) is 17.1. The van der Waals surface area contributed by atoms with Crippen molar-refractivity contribution in [3.63, 3.8) is 0 Å². The topological polar surface area (TPSA) is 49.4 Å². The molecule has 4 heteroatoms. The molecule has 1 heterocycles. The maximum absolute atomic E-state index is 13.1. The Bertz CT molecular complexity index is 1090. The summed E-state index contributed by atoms with van der Waals surface area (Å²) in [5.74, 6) is -0.122. The molecular weight excluding hydrogens is 360 g/mol. The summed E-state index contributed by atoms with van der Waals surface area (Å²) in [5.41, 5.74) is 2.09. The van der Waals surface area contributed by atoms with Crippen molar-refractivity contribution in [2.45, 2.75) is 38.6 Å². The Hall–Kier alpha value is -3.14. The van der Waals surface area contributed by atoms with E-state index in [4.69, 9.17) is 0 Å². The molecule has 29 heavy (non-hydrogen) atoms. The molecule has 0 saturated carbocycles. The highest BCUT2D eigenvalue weighted by atomic mass is 16.2. The van der Waals surface area contributed by atoms with Gasteiger partial charge in [0.25, 0.3) is 0 Å². The van der Waals surface area contributed by atoms with Crippen LogP contribution in [0.3, 0.4) is 0 Å². The first kappa shape index (κ1) is 19.2. The lowest BCUT2D eigenvalue weighted by Gasteiger charge is -2.25. The van der Waals surface area contributed by atoms with E-state index in [-0.39, 0.29) is 24.3 Å². The van der Waals surface area contributed by atoms with Gasteiger partial charge in [-0.05, 0) is 48.7 Å². The fraction of sp³-hybridized carbons (Fsp3) is 0.280. The van der Waals surface area contributed by atoms with Crippen molar-refractivity contribution >= 4 is 28.3 Å². The quantitative estimate of drug-likeness (QED) is 0.689. The summed E-state index contributed by atoms with van der Waals surface area (Å²) in [5, 5.41) is 5.40. The third kappa shape index (κ3) is 3.19. The van der Waals surface area contributed by atoms with Gasteiger partial charge in [-0.1, -0.05) is 60.7 Å². The molecule has 2 atom stereocenters. The highest BCUT2D eigenvalue weighted by Crippen LogP contribution is 2.43. The minimum atomic E-state index is -0.838. The van der Waals surface area contributed by atoms with E-state index in [1.165, 1.54) is 0 Å². The van der Waals surface area contributed by atoms with E-state index >= 15 is 0 Å². The van der Waals surface area contributed by atoms with Crippen LogP contribution in [0.4, 0.5) is 5.69 Å². The third-order valence-electron chi connectivity index (χ3n) is 6.00. The van der Waals surface area contributed by atoms with Gasteiger partial charge >= 0.3 is 0 Å². The van der Waals surface area contributed by atoms with Crippen molar-refractivity contribution < 1.29 is 9.59 Å². The Morgan fingerprint density at radius 1 is 1.03 bits per heavy atom. The van der Waals surface area contributed by atoms with Gasteiger partial charge in [0.15, 0.2) is 0 Å². The molecular formula is C25H26N2O2. The number of hydrogen-bond donors (Lipinski definition) is 1. The summed E-state index contributed by atoms with van der Waals surface area (Å²) >= 11 is 0. The number of nitrogens with zero attached hydrogens (tertiary/aromatic N) is 1. The Labute approximate surface area is 171 Å². The number of rotatable bonds is 5. The lowest BCUT2D eigenvalue weighted by Crippen LogP contribution is -2.42.